The molecule has 3 nitrogen and oxygen atoms in total. The first-order valence-corrected chi connectivity index (χ1v) is 7.58. The monoisotopic (exact) mass is 284 g/mol. The first kappa shape index (κ1) is 15.2. The van der Waals surface area contributed by atoms with Crippen molar-refractivity contribution in [1.82, 2.24) is 5.32 Å². The van der Waals surface area contributed by atoms with Crippen LogP contribution in [-0.4, -0.2) is 17.4 Å². The van der Waals surface area contributed by atoms with Crippen LogP contribution in [0.3, 0.4) is 0 Å². The van der Waals surface area contributed by atoms with E-state index >= 15 is 0 Å². The number of carbonyl (C=O) groups is 1. The van der Waals surface area contributed by atoms with Crippen LogP contribution in [0.4, 0.5) is 8.78 Å². The average Bonchev–Trinajstić information content (AvgIpc) is 2.64. The van der Waals surface area contributed by atoms with E-state index < -0.39 is 11.5 Å². The number of nitrogens with one attached hydrogen (secondary N) is 1. The fraction of sp³-hybridized carbons (Fsp3) is 0.867. The Morgan fingerprint density at radius 2 is 1.60 bits per heavy atom. The van der Waals surface area contributed by atoms with Gasteiger partial charge in [-0.1, -0.05) is 25.7 Å². The number of nitrogens with zero attached hydrogens (tertiary/aromatic N) is 1. The Hall–Kier alpha value is -1.18. The third kappa shape index (κ3) is 3.68. The maximum atomic E-state index is 13.1. The van der Waals surface area contributed by atoms with E-state index in [0.717, 1.165) is 25.7 Å². The summed E-state index contributed by atoms with van der Waals surface area (Å²) in [5.41, 5.74) is -0.770. The minimum Gasteiger partial charge on any atom is -0.338 e. The molecule has 2 saturated carbocycles. The molecule has 1 N–H and O–H groups in total. The molecule has 2 aliphatic carbocycles. The van der Waals surface area contributed by atoms with Crippen LogP contribution in [0.15, 0.2) is 0 Å². The van der Waals surface area contributed by atoms with Crippen LogP contribution in [0.2, 0.25) is 0 Å². The van der Waals surface area contributed by atoms with Gasteiger partial charge in [-0.25, -0.2) is 8.78 Å². The van der Waals surface area contributed by atoms with Crippen LogP contribution >= 0.6 is 0 Å². The van der Waals surface area contributed by atoms with Gasteiger partial charge in [-0.05, 0) is 25.7 Å². The molecule has 0 aromatic heterocycles. The summed E-state index contributed by atoms with van der Waals surface area (Å²) in [7, 11) is 0. The van der Waals surface area contributed by atoms with Crippen LogP contribution in [0.25, 0.3) is 0 Å². The molecule has 0 heterocycles. The van der Waals surface area contributed by atoms with Crippen LogP contribution in [0.5, 0.6) is 0 Å². The lowest BCUT2D eigenvalue weighted by atomic mass is 9.84. The molecule has 1 amide bonds. The van der Waals surface area contributed by atoms with Gasteiger partial charge in [-0.15, -0.1) is 0 Å². The van der Waals surface area contributed by atoms with Crippen molar-refractivity contribution in [2.75, 3.05) is 0 Å². The number of hydrogen-bond donors (Lipinski definition) is 1. The topological polar surface area (TPSA) is 52.9 Å². The maximum absolute atomic E-state index is 13.1. The number of carbonyl (C=O) groups excluding carboxylic acids is 1. The van der Waals surface area contributed by atoms with Gasteiger partial charge < -0.3 is 5.32 Å². The fourth-order valence-electron chi connectivity index (χ4n) is 3.24. The zero-order valence-corrected chi connectivity index (χ0v) is 11.8. The van der Waals surface area contributed by atoms with Crippen molar-refractivity contribution >= 4 is 5.91 Å². The molecule has 0 spiro atoms. The van der Waals surface area contributed by atoms with E-state index in [4.69, 9.17) is 0 Å². The molecule has 0 saturated heterocycles. The van der Waals surface area contributed by atoms with Crippen LogP contribution < -0.4 is 5.32 Å². The third-order valence-corrected chi connectivity index (χ3v) is 4.62. The van der Waals surface area contributed by atoms with Gasteiger partial charge in [0.15, 0.2) is 0 Å². The van der Waals surface area contributed by atoms with E-state index in [1.54, 1.807) is 0 Å². The smallest absolute Gasteiger partial charge is 0.248 e. The van der Waals surface area contributed by atoms with Crippen LogP contribution in [0.1, 0.15) is 64.2 Å². The second kappa shape index (κ2) is 6.07. The van der Waals surface area contributed by atoms with Crippen molar-refractivity contribution in [3.05, 3.63) is 0 Å². The Labute approximate surface area is 118 Å². The van der Waals surface area contributed by atoms with E-state index in [1.807, 2.05) is 0 Å². The predicted octanol–water partition coefficient (Wildman–Crippen LogP) is 3.54. The van der Waals surface area contributed by atoms with Crippen molar-refractivity contribution in [2.45, 2.75) is 75.7 Å². The molecule has 5 heteroatoms. The van der Waals surface area contributed by atoms with E-state index in [1.165, 1.54) is 0 Å². The molecule has 0 atom stereocenters. The van der Waals surface area contributed by atoms with E-state index in [0.29, 0.717) is 12.8 Å². The molecule has 0 aromatic carbocycles. The second-order valence-electron chi connectivity index (χ2n) is 6.23. The summed E-state index contributed by atoms with van der Waals surface area (Å²) in [5, 5.41) is 12.3. The fourth-order valence-corrected chi connectivity index (χ4v) is 3.24. The maximum Gasteiger partial charge on any atom is 0.248 e. The summed E-state index contributed by atoms with van der Waals surface area (Å²) in [4.78, 5) is 12.2. The highest BCUT2D eigenvalue weighted by Gasteiger charge is 2.40. The van der Waals surface area contributed by atoms with Crippen molar-refractivity contribution in [1.29, 1.82) is 5.26 Å². The molecule has 0 aromatic rings. The summed E-state index contributed by atoms with van der Waals surface area (Å²) in [6.45, 7) is 0. The number of nitriles is 1. The van der Waals surface area contributed by atoms with Crippen LogP contribution in [0, 0.1) is 17.2 Å². The SMILES string of the molecule is N#CC1(NC(=O)C2CCC(F)(F)CC2)CCCCCC1. The Morgan fingerprint density at radius 3 is 2.10 bits per heavy atom. The van der Waals surface area contributed by atoms with Gasteiger partial charge in [0.1, 0.15) is 5.54 Å². The molecule has 0 radical (unpaired) electrons. The molecule has 0 bridgehead atoms. The molecule has 112 valence electrons. The molecular formula is C15H22F2N2O. The lowest BCUT2D eigenvalue weighted by molar-refractivity contribution is -0.130. The van der Waals surface area contributed by atoms with Gasteiger partial charge in [0, 0.05) is 18.8 Å². The average molecular weight is 284 g/mol. The van der Waals surface area contributed by atoms with Gasteiger partial charge >= 0.3 is 0 Å². The number of amides is 1. The van der Waals surface area contributed by atoms with Gasteiger partial charge in [-0.3, -0.25) is 4.79 Å². The zero-order chi connectivity index (χ0) is 14.6. The standard InChI is InChI=1S/C15H22F2N2O/c16-15(17)9-5-12(6-10-15)13(20)19-14(11-18)7-3-1-2-4-8-14/h12H,1-10H2,(H,19,20). The predicted molar refractivity (Wildman–Crippen MR) is 71.1 cm³/mol. The van der Waals surface area contributed by atoms with Gasteiger partial charge in [0.25, 0.3) is 0 Å². The van der Waals surface area contributed by atoms with Gasteiger partial charge in [0.2, 0.25) is 11.8 Å². The van der Waals surface area contributed by atoms with Gasteiger partial charge in [-0.2, -0.15) is 5.26 Å². The molecule has 2 aliphatic rings. The molecule has 2 fully saturated rings. The Balaban J connectivity index is 1.94. The lowest BCUT2D eigenvalue weighted by Crippen LogP contribution is -2.50. The largest absolute Gasteiger partial charge is 0.338 e. The highest BCUT2D eigenvalue weighted by Crippen LogP contribution is 2.37. The number of rotatable bonds is 2. The molecule has 2 rings (SSSR count). The molecule has 0 unspecified atom stereocenters. The van der Waals surface area contributed by atoms with Crippen LogP contribution in [-0.2, 0) is 4.79 Å². The van der Waals surface area contributed by atoms with Gasteiger partial charge in [0.05, 0.1) is 6.07 Å². The number of alkyl halides is 2. The second-order valence-corrected chi connectivity index (χ2v) is 6.23. The first-order chi connectivity index (χ1) is 9.46. The third-order valence-electron chi connectivity index (χ3n) is 4.62. The van der Waals surface area contributed by atoms with E-state index in [2.05, 4.69) is 11.4 Å². The van der Waals surface area contributed by atoms with Crippen molar-refractivity contribution in [3.8, 4) is 6.07 Å². The molecular weight excluding hydrogens is 262 g/mol. The highest BCUT2D eigenvalue weighted by molar-refractivity contribution is 5.80. The minimum absolute atomic E-state index is 0.205. The van der Waals surface area contributed by atoms with Crippen molar-refractivity contribution in [2.24, 2.45) is 5.92 Å². The Bertz CT molecular complexity index is 385. The van der Waals surface area contributed by atoms with Crippen molar-refractivity contribution < 1.29 is 13.6 Å². The summed E-state index contributed by atoms with van der Waals surface area (Å²) in [6, 6.07) is 2.26. The number of halogens is 2. The van der Waals surface area contributed by atoms with E-state index in [-0.39, 0.29) is 37.5 Å². The Kier molecular flexibility index (Phi) is 4.62. The summed E-state index contributed by atoms with van der Waals surface area (Å²) >= 11 is 0. The quantitative estimate of drug-likeness (QED) is 0.788. The number of hydrogen-bond acceptors (Lipinski definition) is 2. The summed E-state index contributed by atoms with van der Waals surface area (Å²) in [5.74, 6) is -3.18. The lowest BCUT2D eigenvalue weighted by Gasteiger charge is -2.32. The summed E-state index contributed by atoms with van der Waals surface area (Å²) in [6.07, 6.45) is 5.43. The Morgan fingerprint density at radius 1 is 1.05 bits per heavy atom. The highest BCUT2D eigenvalue weighted by atomic mass is 19.3. The van der Waals surface area contributed by atoms with Crippen molar-refractivity contribution in [3.63, 3.8) is 0 Å². The molecule has 0 aliphatic heterocycles. The first-order valence-electron chi connectivity index (χ1n) is 7.58. The normalized spacial score (nSPS) is 26.2. The molecule has 20 heavy (non-hydrogen) atoms. The van der Waals surface area contributed by atoms with E-state index in [9.17, 15) is 18.8 Å². The zero-order valence-electron chi connectivity index (χ0n) is 11.8. The minimum atomic E-state index is -2.62. The summed E-state index contributed by atoms with van der Waals surface area (Å²) < 4.78 is 26.2.